The van der Waals surface area contributed by atoms with Gasteiger partial charge >= 0.3 is 0 Å². The first kappa shape index (κ1) is 7.72. The third-order valence-corrected chi connectivity index (χ3v) is 1.63. The SMILES string of the molecule is Nc1ncc(-c2ccc(F)nc2)[nH]1. The van der Waals surface area contributed by atoms with Crippen LogP contribution in [-0.4, -0.2) is 15.0 Å². The molecule has 0 fully saturated rings. The summed E-state index contributed by atoms with van der Waals surface area (Å²) >= 11 is 0. The third-order valence-electron chi connectivity index (χ3n) is 1.63. The van der Waals surface area contributed by atoms with Crippen molar-refractivity contribution in [3.05, 3.63) is 30.5 Å². The van der Waals surface area contributed by atoms with Crippen LogP contribution in [0.5, 0.6) is 0 Å². The van der Waals surface area contributed by atoms with E-state index < -0.39 is 5.95 Å². The van der Waals surface area contributed by atoms with Crippen molar-refractivity contribution in [3.8, 4) is 11.3 Å². The van der Waals surface area contributed by atoms with Gasteiger partial charge in [0.1, 0.15) is 0 Å². The zero-order valence-corrected chi connectivity index (χ0v) is 6.66. The Labute approximate surface area is 73.6 Å². The van der Waals surface area contributed by atoms with Crippen LogP contribution in [-0.2, 0) is 0 Å². The fourth-order valence-corrected chi connectivity index (χ4v) is 1.02. The van der Waals surface area contributed by atoms with Gasteiger partial charge < -0.3 is 10.7 Å². The lowest BCUT2D eigenvalue weighted by Gasteiger charge is -1.94. The van der Waals surface area contributed by atoms with Crippen molar-refractivity contribution in [2.45, 2.75) is 0 Å². The van der Waals surface area contributed by atoms with Crippen LogP contribution in [0.3, 0.4) is 0 Å². The predicted octanol–water partition coefficient (Wildman–Crippen LogP) is 1.19. The summed E-state index contributed by atoms with van der Waals surface area (Å²) in [6, 6.07) is 2.89. The fraction of sp³-hybridized carbons (Fsp3) is 0. The Morgan fingerprint density at radius 1 is 1.23 bits per heavy atom. The number of H-pyrrole nitrogens is 1. The zero-order valence-electron chi connectivity index (χ0n) is 6.66. The van der Waals surface area contributed by atoms with Crippen LogP contribution in [0.1, 0.15) is 0 Å². The highest BCUT2D eigenvalue weighted by Crippen LogP contribution is 2.15. The smallest absolute Gasteiger partial charge is 0.212 e. The molecule has 0 aliphatic rings. The molecule has 2 aromatic heterocycles. The molecule has 0 spiro atoms. The number of hydrogen-bond acceptors (Lipinski definition) is 3. The van der Waals surface area contributed by atoms with Crippen LogP contribution in [0, 0.1) is 5.95 Å². The van der Waals surface area contributed by atoms with Gasteiger partial charge in [0.05, 0.1) is 11.9 Å². The number of anilines is 1. The lowest BCUT2D eigenvalue weighted by atomic mass is 10.2. The van der Waals surface area contributed by atoms with E-state index in [0.29, 0.717) is 5.95 Å². The van der Waals surface area contributed by atoms with E-state index in [1.807, 2.05) is 0 Å². The molecule has 3 N–H and O–H groups in total. The maximum absolute atomic E-state index is 12.4. The first-order chi connectivity index (χ1) is 6.25. The Kier molecular flexibility index (Phi) is 1.70. The molecule has 0 unspecified atom stereocenters. The molecular weight excluding hydrogens is 171 g/mol. The number of halogens is 1. The topological polar surface area (TPSA) is 67.6 Å². The molecule has 2 rings (SSSR count). The number of imidazole rings is 1. The van der Waals surface area contributed by atoms with Crippen molar-refractivity contribution in [2.24, 2.45) is 0 Å². The summed E-state index contributed by atoms with van der Waals surface area (Å²) in [4.78, 5) is 10.1. The van der Waals surface area contributed by atoms with Crippen LogP contribution in [0.4, 0.5) is 10.3 Å². The summed E-state index contributed by atoms with van der Waals surface area (Å²) < 4.78 is 12.4. The molecule has 0 aliphatic heterocycles. The minimum Gasteiger partial charge on any atom is -0.369 e. The minimum atomic E-state index is -0.503. The molecule has 0 aromatic carbocycles. The summed E-state index contributed by atoms with van der Waals surface area (Å²) in [5.74, 6) is -0.171. The van der Waals surface area contributed by atoms with Crippen molar-refractivity contribution >= 4 is 5.95 Å². The normalized spacial score (nSPS) is 10.2. The molecule has 5 heteroatoms. The lowest BCUT2D eigenvalue weighted by Crippen LogP contribution is -1.86. The van der Waals surface area contributed by atoms with Crippen LogP contribution in [0.25, 0.3) is 11.3 Å². The van der Waals surface area contributed by atoms with Crippen LogP contribution >= 0.6 is 0 Å². The van der Waals surface area contributed by atoms with Crippen molar-refractivity contribution < 1.29 is 4.39 Å². The Morgan fingerprint density at radius 3 is 2.62 bits per heavy atom. The predicted molar refractivity (Wildman–Crippen MR) is 46.2 cm³/mol. The third kappa shape index (κ3) is 1.48. The molecule has 0 amide bonds. The van der Waals surface area contributed by atoms with Gasteiger partial charge in [0, 0.05) is 11.8 Å². The summed E-state index contributed by atoms with van der Waals surface area (Å²) in [5, 5.41) is 0. The molecule has 4 nitrogen and oxygen atoms in total. The summed E-state index contributed by atoms with van der Waals surface area (Å²) in [6.07, 6.45) is 2.99. The molecular formula is C8H7FN4. The maximum Gasteiger partial charge on any atom is 0.212 e. The number of rotatable bonds is 1. The quantitative estimate of drug-likeness (QED) is 0.644. The summed E-state index contributed by atoms with van der Waals surface area (Å²) in [5.41, 5.74) is 6.87. The van der Waals surface area contributed by atoms with E-state index in [4.69, 9.17) is 5.73 Å². The Balaban J connectivity index is 2.41. The molecule has 66 valence electrons. The van der Waals surface area contributed by atoms with E-state index in [1.54, 1.807) is 12.3 Å². The lowest BCUT2D eigenvalue weighted by molar-refractivity contribution is 0.584. The van der Waals surface area contributed by atoms with E-state index in [0.717, 1.165) is 11.3 Å². The molecule has 0 saturated heterocycles. The number of nitrogens with zero attached hydrogens (tertiary/aromatic N) is 2. The van der Waals surface area contributed by atoms with Crippen molar-refractivity contribution in [2.75, 3.05) is 5.73 Å². The van der Waals surface area contributed by atoms with Gasteiger partial charge in [0.15, 0.2) is 5.95 Å². The fourth-order valence-electron chi connectivity index (χ4n) is 1.02. The first-order valence-corrected chi connectivity index (χ1v) is 3.68. The van der Waals surface area contributed by atoms with Crippen molar-refractivity contribution in [1.82, 2.24) is 15.0 Å². The standard InChI is InChI=1S/C8H7FN4/c9-7-2-1-5(3-11-7)6-4-12-8(10)13-6/h1-4H,(H3,10,12,13). The van der Waals surface area contributed by atoms with Gasteiger partial charge in [-0.2, -0.15) is 4.39 Å². The number of hydrogen-bond donors (Lipinski definition) is 2. The number of pyridine rings is 1. The van der Waals surface area contributed by atoms with E-state index in [9.17, 15) is 4.39 Å². The van der Waals surface area contributed by atoms with Gasteiger partial charge in [-0.3, -0.25) is 0 Å². The van der Waals surface area contributed by atoms with E-state index >= 15 is 0 Å². The number of nitrogens with one attached hydrogen (secondary N) is 1. The molecule has 13 heavy (non-hydrogen) atoms. The minimum absolute atomic E-state index is 0.333. The monoisotopic (exact) mass is 178 g/mol. The molecule has 0 bridgehead atoms. The van der Waals surface area contributed by atoms with Crippen molar-refractivity contribution in [3.63, 3.8) is 0 Å². The first-order valence-electron chi connectivity index (χ1n) is 3.68. The highest BCUT2D eigenvalue weighted by atomic mass is 19.1. The average molecular weight is 178 g/mol. The zero-order chi connectivity index (χ0) is 9.26. The van der Waals surface area contributed by atoms with Crippen LogP contribution < -0.4 is 5.73 Å². The van der Waals surface area contributed by atoms with Gasteiger partial charge in [-0.1, -0.05) is 0 Å². The summed E-state index contributed by atoms with van der Waals surface area (Å²) in [6.45, 7) is 0. The second-order valence-electron chi connectivity index (χ2n) is 2.55. The number of nitrogens with two attached hydrogens (primary N) is 1. The molecule has 2 heterocycles. The highest BCUT2D eigenvalue weighted by molar-refractivity contribution is 5.58. The van der Waals surface area contributed by atoms with E-state index in [-0.39, 0.29) is 0 Å². The Hall–Kier alpha value is -1.91. The number of aromatic amines is 1. The molecule has 2 aromatic rings. The number of nitrogen functional groups attached to an aromatic ring is 1. The maximum atomic E-state index is 12.4. The van der Waals surface area contributed by atoms with Crippen LogP contribution in [0.15, 0.2) is 24.5 Å². The largest absolute Gasteiger partial charge is 0.369 e. The molecule has 0 radical (unpaired) electrons. The van der Waals surface area contributed by atoms with Gasteiger partial charge in [0.25, 0.3) is 0 Å². The summed E-state index contributed by atoms with van der Waals surface area (Å²) in [7, 11) is 0. The Bertz CT molecular complexity index is 406. The number of aromatic nitrogens is 3. The van der Waals surface area contributed by atoms with E-state index in [2.05, 4.69) is 15.0 Å². The second kappa shape index (κ2) is 2.85. The van der Waals surface area contributed by atoms with Gasteiger partial charge in [-0.25, -0.2) is 9.97 Å². The highest BCUT2D eigenvalue weighted by Gasteiger charge is 2.01. The van der Waals surface area contributed by atoms with Gasteiger partial charge in [-0.15, -0.1) is 0 Å². The second-order valence-corrected chi connectivity index (χ2v) is 2.55. The van der Waals surface area contributed by atoms with Gasteiger partial charge in [0.2, 0.25) is 5.95 Å². The Morgan fingerprint density at radius 2 is 2.08 bits per heavy atom. The molecule has 0 saturated carbocycles. The van der Waals surface area contributed by atoms with Crippen molar-refractivity contribution in [1.29, 1.82) is 0 Å². The van der Waals surface area contributed by atoms with Crippen LogP contribution in [0.2, 0.25) is 0 Å². The van der Waals surface area contributed by atoms with E-state index in [1.165, 1.54) is 12.3 Å². The average Bonchev–Trinajstić information content (AvgIpc) is 2.53. The molecule has 0 atom stereocenters. The molecule has 0 aliphatic carbocycles. The van der Waals surface area contributed by atoms with Gasteiger partial charge in [-0.05, 0) is 12.1 Å².